The quantitative estimate of drug-likeness (QED) is 0.814. The van der Waals surface area contributed by atoms with E-state index in [9.17, 15) is 0 Å². The second-order valence-corrected chi connectivity index (χ2v) is 6.74. The molecular weight excluding hydrogens is 224 g/mol. The van der Waals surface area contributed by atoms with Gasteiger partial charge in [0.05, 0.1) is 5.60 Å². The van der Waals surface area contributed by atoms with Gasteiger partial charge < -0.3 is 10.1 Å². The Morgan fingerprint density at radius 2 is 2.00 bits per heavy atom. The van der Waals surface area contributed by atoms with E-state index in [-0.39, 0.29) is 5.60 Å². The van der Waals surface area contributed by atoms with E-state index in [1.54, 1.807) is 0 Å². The highest BCUT2D eigenvalue weighted by atomic mass is 16.5. The first kappa shape index (κ1) is 14.3. The molecule has 1 aliphatic carbocycles. The summed E-state index contributed by atoms with van der Waals surface area (Å²) in [7, 11) is 1.82. The third-order valence-electron chi connectivity index (χ3n) is 4.77. The number of hydrogen-bond donors (Lipinski definition) is 1. The van der Waals surface area contributed by atoms with Gasteiger partial charge in [0, 0.05) is 32.3 Å². The van der Waals surface area contributed by atoms with E-state index >= 15 is 0 Å². The van der Waals surface area contributed by atoms with Crippen LogP contribution in [0.25, 0.3) is 0 Å². The molecule has 0 radical (unpaired) electrons. The van der Waals surface area contributed by atoms with Gasteiger partial charge in [-0.1, -0.05) is 0 Å². The van der Waals surface area contributed by atoms with Crippen LogP contribution >= 0.6 is 0 Å². The Morgan fingerprint density at radius 1 is 1.28 bits per heavy atom. The van der Waals surface area contributed by atoms with Crippen molar-refractivity contribution in [3.8, 4) is 0 Å². The first-order valence-corrected chi connectivity index (χ1v) is 7.54. The van der Waals surface area contributed by atoms with Crippen molar-refractivity contribution >= 4 is 0 Å². The first-order chi connectivity index (χ1) is 8.52. The van der Waals surface area contributed by atoms with Crippen LogP contribution in [0.2, 0.25) is 0 Å². The van der Waals surface area contributed by atoms with Crippen LogP contribution in [0, 0.1) is 5.92 Å². The minimum absolute atomic E-state index is 0.00846. The standard InChI is InChI=1S/C15H30N2O/c1-12-7-9-16-14(13-5-6-13)11-17(12)10-8-15(2,3)18-4/h12-14,16H,5-11H2,1-4H3. The second kappa shape index (κ2) is 5.89. The lowest BCUT2D eigenvalue weighted by Crippen LogP contribution is -2.43. The summed E-state index contributed by atoms with van der Waals surface area (Å²) in [6.07, 6.45) is 5.26. The molecule has 0 amide bonds. The average molecular weight is 254 g/mol. The Labute approximate surface area is 112 Å². The van der Waals surface area contributed by atoms with Crippen LogP contribution in [0.15, 0.2) is 0 Å². The zero-order valence-electron chi connectivity index (χ0n) is 12.5. The lowest BCUT2D eigenvalue weighted by Gasteiger charge is -2.32. The average Bonchev–Trinajstić information content (AvgIpc) is 3.14. The summed E-state index contributed by atoms with van der Waals surface area (Å²) in [5, 5.41) is 3.74. The van der Waals surface area contributed by atoms with Crippen LogP contribution in [-0.2, 0) is 4.74 Å². The van der Waals surface area contributed by atoms with Gasteiger partial charge in [-0.05, 0) is 58.9 Å². The van der Waals surface area contributed by atoms with Crippen molar-refractivity contribution in [3.05, 3.63) is 0 Å². The highest BCUT2D eigenvalue weighted by Crippen LogP contribution is 2.34. The zero-order valence-corrected chi connectivity index (χ0v) is 12.5. The Hall–Kier alpha value is -0.120. The normalized spacial score (nSPS) is 31.3. The van der Waals surface area contributed by atoms with Crippen molar-refractivity contribution in [3.63, 3.8) is 0 Å². The van der Waals surface area contributed by atoms with Crippen molar-refractivity contribution in [2.45, 2.75) is 64.1 Å². The molecule has 0 aromatic rings. The summed E-state index contributed by atoms with van der Waals surface area (Å²) in [6.45, 7) is 10.3. The van der Waals surface area contributed by atoms with Gasteiger partial charge in [0.1, 0.15) is 0 Å². The first-order valence-electron chi connectivity index (χ1n) is 7.54. The molecule has 0 bridgehead atoms. The summed E-state index contributed by atoms with van der Waals surface area (Å²) < 4.78 is 5.54. The number of ether oxygens (including phenoxy) is 1. The highest BCUT2D eigenvalue weighted by Gasteiger charge is 2.34. The Balaban J connectivity index is 1.86. The van der Waals surface area contributed by atoms with Gasteiger partial charge in [-0.2, -0.15) is 0 Å². The van der Waals surface area contributed by atoms with Crippen molar-refractivity contribution in [2.24, 2.45) is 5.92 Å². The number of nitrogens with one attached hydrogen (secondary N) is 1. The molecule has 0 aromatic heterocycles. The Bertz CT molecular complexity index is 263. The molecule has 3 nitrogen and oxygen atoms in total. The van der Waals surface area contributed by atoms with Crippen LogP contribution in [0.3, 0.4) is 0 Å². The largest absolute Gasteiger partial charge is 0.379 e. The van der Waals surface area contributed by atoms with Crippen LogP contribution < -0.4 is 5.32 Å². The van der Waals surface area contributed by atoms with Crippen molar-refractivity contribution < 1.29 is 4.74 Å². The zero-order chi connectivity index (χ0) is 13.2. The SMILES string of the molecule is COC(C)(C)CCN1CC(C2CC2)NCCC1C. The molecule has 1 saturated heterocycles. The molecule has 2 rings (SSSR count). The fourth-order valence-electron chi connectivity index (χ4n) is 2.80. The molecule has 3 heteroatoms. The molecule has 2 aliphatic rings. The second-order valence-electron chi connectivity index (χ2n) is 6.74. The molecule has 2 atom stereocenters. The molecule has 106 valence electrons. The predicted molar refractivity (Wildman–Crippen MR) is 75.9 cm³/mol. The van der Waals surface area contributed by atoms with Crippen LogP contribution in [-0.4, -0.2) is 49.3 Å². The molecule has 18 heavy (non-hydrogen) atoms. The van der Waals surface area contributed by atoms with Gasteiger partial charge >= 0.3 is 0 Å². The van der Waals surface area contributed by atoms with E-state index in [2.05, 4.69) is 31.0 Å². The monoisotopic (exact) mass is 254 g/mol. The van der Waals surface area contributed by atoms with Crippen LogP contribution in [0.5, 0.6) is 0 Å². The predicted octanol–water partition coefficient (Wildman–Crippen LogP) is 2.26. The highest BCUT2D eigenvalue weighted by molar-refractivity contribution is 4.92. The molecule has 1 saturated carbocycles. The number of nitrogens with zero attached hydrogens (tertiary/aromatic N) is 1. The van der Waals surface area contributed by atoms with Gasteiger partial charge in [0.15, 0.2) is 0 Å². The van der Waals surface area contributed by atoms with E-state index in [4.69, 9.17) is 4.74 Å². The van der Waals surface area contributed by atoms with Crippen LogP contribution in [0.1, 0.15) is 46.5 Å². The topological polar surface area (TPSA) is 24.5 Å². The van der Waals surface area contributed by atoms with Crippen molar-refractivity contribution in [1.29, 1.82) is 0 Å². The maximum atomic E-state index is 5.54. The summed E-state index contributed by atoms with van der Waals surface area (Å²) in [4.78, 5) is 2.67. The molecule has 2 fully saturated rings. The molecular formula is C15H30N2O. The number of methoxy groups -OCH3 is 1. The van der Waals surface area contributed by atoms with Gasteiger partial charge in [-0.15, -0.1) is 0 Å². The molecule has 1 N–H and O–H groups in total. The van der Waals surface area contributed by atoms with Crippen LogP contribution in [0.4, 0.5) is 0 Å². The van der Waals surface area contributed by atoms with E-state index in [0.29, 0.717) is 6.04 Å². The smallest absolute Gasteiger partial charge is 0.0634 e. The molecule has 2 unspecified atom stereocenters. The molecule has 1 heterocycles. The van der Waals surface area contributed by atoms with Crippen molar-refractivity contribution in [1.82, 2.24) is 10.2 Å². The maximum absolute atomic E-state index is 5.54. The third-order valence-corrected chi connectivity index (χ3v) is 4.77. The van der Waals surface area contributed by atoms with E-state index in [1.165, 1.54) is 32.4 Å². The van der Waals surface area contributed by atoms with Gasteiger partial charge in [0.2, 0.25) is 0 Å². The van der Waals surface area contributed by atoms with Gasteiger partial charge in [-0.25, -0.2) is 0 Å². The number of rotatable bonds is 5. The van der Waals surface area contributed by atoms with Gasteiger partial charge in [-0.3, -0.25) is 4.90 Å². The fraction of sp³-hybridized carbons (Fsp3) is 1.00. The lowest BCUT2D eigenvalue weighted by molar-refractivity contribution is 0.00418. The summed E-state index contributed by atoms with van der Waals surface area (Å²) in [5.41, 5.74) is 0.00846. The Morgan fingerprint density at radius 3 is 2.61 bits per heavy atom. The minimum atomic E-state index is 0.00846. The Kier molecular flexibility index (Phi) is 4.68. The maximum Gasteiger partial charge on any atom is 0.0634 e. The lowest BCUT2D eigenvalue weighted by atomic mass is 10.0. The summed E-state index contributed by atoms with van der Waals surface area (Å²) >= 11 is 0. The summed E-state index contributed by atoms with van der Waals surface area (Å²) in [6, 6.07) is 1.44. The number of hydrogen-bond acceptors (Lipinski definition) is 3. The fourth-order valence-corrected chi connectivity index (χ4v) is 2.80. The third kappa shape index (κ3) is 3.94. The molecule has 1 aliphatic heterocycles. The summed E-state index contributed by atoms with van der Waals surface area (Å²) in [5.74, 6) is 0.952. The van der Waals surface area contributed by atoms with Crippen molar-refractivity contribution in [2.75, 3.05) is 26.7 Å². The molecule has 0 spiro atoms. The molecule has 0 aromatic carbocycles. The minimum Gasteiger partial charge on any atom is -0.379 e. The van der Waals surface area contributed by atoms with E-state index < -0.39 is 0 Å². The van der Waals surface area contributed by atoms with E-state index in [1.807, 2.05) is 7.11 Å². The van der Waals surface area contributed by atoms with Gasteiger partial charge in [0.25, 0.3) is 0 Å². The van der Waals surface area contributed by atoms with E-state index in [0.717, 1.165) is 24.9 Å².